The molecule has 0 aliphatic rings. The quantitative estimate of drug-likeness (QED) is 0.631. The molecule has 0 fully saturated rings. The van der Waals surface area contributed by atoms with Crippen LogP contribution >= 0.6 is 11.8 Å². The zero-order valence-electron chi connectivity index (χ0n) is 9.08. The van der Waals surface area contributed by atoms with Crippen LogP contribution in [-0.2, 0) is 6.18 Å². The summed E-state index contributed by atoms with van der Waals surface area (Å²) < 4.78 is 37.5. The van der Waals surface area contributed by atoms with Crippen LogP contribution in [0.1, 0.15) is 12.7 Å². The molecule has 0 radical (unpaired) electrons. The van der Waals surface area contributed by atoms with E-state index < -0.39 is 12.0 Å². The van der Waals surface area contributed by atoms with Crippen molar-refractivity contribution in [1.82, 2.24) is 9.97 Å². The number of rotatable bonds is 5. The number of hydrogen-bond acceptors (Lipinski definition) is 5. The number of alkyl halides is 3. The van der Waals surface area contributed by atoms with Gasteiger partial charge in [0.15, 0.2) is 0 Å². The van der Waals surface area contributed by atoms with Crippen LogP contribution in [0, 0.1) is 0 Å². The predicted molar refractivity (Wildman–Crippen MR) is 59.0 cm³/mol. The highest BCUT2D eigenvalue weighted by atomic mass is 32.2. The molecular formula is C9H12F3N3OS. The van der Waals surface area contributed by atoms with Gasteiger partial charge in [-0.05, 0) is 6.92 Å². The maximum absolute atomic E-state index is 12.5. The number of aliphatic hydroxyl groups excluding tert-OH is 1. The number of anilines is 1. The fourth-order valence-electron chi connectivity index (χ4n) is 1.05. The first-order chi connectivity index (χ1) is 7.97. The van der Waals surface area contributed by atoms with E-state index in [1.807, 2.05) is 0 Å². The lowest BCUT2D eigenvalue weighted by Gasteiger charge is -2.10. The van der Waals surface area contributed by atoms with Gasteiger partial charge in [-0.15, -0.1) is 11.8 Å². The van der Waals surface area contributed by atoms with Crippen molar-refractivity contribution in [3.8, 4) is 0 Å². The summed E-state index contributed by atoms with van der Waals surface area (Å²) in [6, 6.07) is 1.43. The summed E-state index contributed by atoms with van der Waals surface area (Å²) in [5.41, 5.74) is 0. The number of halogens is 3. The van der Waals surface area contributed by atoms with Crippen LogP contribution in [0.4, 0.5) is 19.0 Å². The highest BCUT2D eigenvalue weighted by molar-refractivity contribution is 7.99. The lowest BCUT2D eigenvalue weighted by molar-refractivity contribution is -0.145. The van der Waals surface area contributed by atoms with E-state index in [9.17, 15) is 13.2 Å². The molecule has 0 unspecified atom stereocenters. The van der Waals surface area contributed by atoms with E-state index >= 15 is 0 Å². The first-order valence-electron chi connectivity index (χ1n) is 4.91. The van der Waals surface area contributed by atoms with Gasteiger partial charge in [-0.2, -0.15) is 13.2 Å². The van der Waals surface area contributed by atoms with Crippen LogP contribution in [0.2, 0.25) is 0 Å². The molecule has 0 aliphatic carbocycles. The molecule has 1 aromatic rings. The maximum atomic E-state index is 12.5. The summed E-state index contributed by atoms with van der Waals surface area (Å²) in [5, 5.41) is 11.5. The van der Waals surface area contributed by atoms with Crippen molar-refractivity contribution in [3.05, 3.63) is 11.9 Å². The molecule has 0 spiro atoms. The Hall–Kier alpha value is -1.02. The van der Waals surface area contributed by atoms with Gasteiger partial charge in [0, 0.05) is 18.4 Å². The van der Waals surface area contributed by atoms with Gasteiger partial charge < -0.3 is 10.4 Å². The summed E-state index contributed by atoms with van der Waals surface area (Å²) in [5.74, 6) is -0.744. The third-order valence-corrected chi connectivity index (χ3v) is 2.55. The van der Waals surface area contributed by atoms with Crippen LogP contribution in [-0.4, -0.2) is 34.0 Å². The van der Waals surface area contributed by atoms with Crippen molar-refractivity contribution in [1.29, 1.82) is 0 Å². The van der Waals surface area contributed by atoms with Gasteiger partial charge in [0.2, 0.25) is 5.82 Å². The second-order valence-corrected chi connectivity index (χ2v) is 4.13. The van der Waals surface area contributed by atoms with Crippen molar-refractivity contribution in [2.75, 3.05) is 24.2 Å². The normalized spacial score (nSPS) is 11.6. The fourth-order valence-corrected chi connectivity index (χ4v) is 1.69. The van der Waals surface area contributed by atoms with Crippen molar-refractivity contribution < 1.29 is 18.3 Å². The number of aromatic nitrogens is 2. The Morgan fingerprint density at radius 2 is 2.12 bits per heavy atom. The Morgan fingerprint density at radius 3 is 2.65 bits per heavy atom. The molecule has 4 nitrogen and oxygen atoms in total. The summed E-state index contributed by atoms with van der Waals surface area (Å²) in [6.07, 6.45) is -4.57. The zero-order valence-corrected chi connectivity index (χ0v) is 9.90. The molecule has 96 valence electrons. The molecule has 0 saturated carbocycles. The van der Waals surface area contributed by atoms with Crippen LogP contribution < -0.4 is 5.32 Å². The first kappa shape index (κ1) is 14.0. The second-order valence-electron chi connectivity index (χ2n) is 3.02. The van der Waals surface area contributed by atoms with Crippen LogP contribution in [0.15, 0.2) is 11.1 Å². The predicted octanol–water partition coefficient (Wildman–Crippen LogP) is 2.01. The van der Waals surface area contributed by atoms with E-state index in [2.05, 4.69) is 15.3 Å². The molecule has 2 N–H and O–H groups in total. The lowest BCUT2D eigenvalue weighted by Crippen LogP contribution is -2.13. The molecule has 0 atom stereocenters. The highest BCUT2D eigenvalue weighted by Crippen LogP contribution is 2.29. The molecule has 0 amide bonds. The number of nitrogens with zero attached hydrogens (tertiary/aromatic N) is 2. The molecule has 0 bridgehead atoms. The molecule has 0 aliphatic heterocycles. The average molecular weight is 267 g/mol. The smallest absolute Gasteiger partial charge is 0.396 e. The van der Waals surface area contributed by atoms with Gasteiger partial charge in [-0.1, -0.05) is 0 Å². The van der Waals surface area contributed by atoms with Gasteiger partial charge in [-0.25, -0.2) is 9.97 Å². The highest BCUT2D eigenvalue weighted by Gasteiger charge is 2.35. The Morgan fingerprint density at radius 1 is 1.41 bits per heavy atom. The number of hydrogen-bond donors (Lipinski definition) is 2. The average Bonchev–Trinajstić information content (AvgIpc) is 2.25. The van der Waals surface area contributed by atoms with Crippen molar-refractivity contribution in [3.63, 3.8) is 0 Å². The number of thioether (sulfide) groups is 1. The minimum atomic E-state index is -4.57. The van der Waals surface area contributed by atoms with Crippen LogP contribution in [0.5, 0.6) is 0 Å². The topological polar surface area (TPSA) is 58.0 Å². The fraction of sp³-hybridized carbons (Fsp3) is 0.556. The second kappa shape index (κ2) is 6.06. The Labute approximate surface area is 101 Å². The van der Waals surface area contributed by atoms with Gasteiger partial charge in [0.25, 0.3) is 0 Å². The van der Waals surface area contributed by atoms with E-state index in [-0.39, 0.29) is 17.5 Å². The molecule has 0 saturated heterocycles. The van der Waals surface area contributed by atoms with E-state index in [1.165, 1.54) is 6.07 Å². The Bertz CT molecular complexity index is 373. The molecule has 0 aromatic carbocycles. The summed E-state index contributed by atoms with van der Waals surface area (Å²) in [4.78, 5) is 6.78. The van der Waals surface area contributed by atoms with Gasteiger partial charge in [0.05, 0.1) is 6.61 Å². The van der Waals surface area contributed by atoms with E-state index in [0.717, 1.165) is 11.8 Å². The zero-order chi connectivity index (χ0) is 12.9. The van der Waals surface area contributed by atoms with E-state index in [1.54, 1.807) is 6.92 Å². The molecule has 1 aromatic heterocycles. The maximum Gasteiger partial charge on any atom is 0.451 e. The third kappa shape index (κ3) is 4.39. The van der Waals surface area contributed by atoms with Gasteiger partial charge in [0.1, 0.15) is 10.8 Å². The van der Waals surface area contributed by atoms with Crippen molar-refractivity contribution >= 4 is 17.6 Å². The first-order valence-corrected chi connectivity index (χ1v) is 5.89. The van der Waals surface area contributed by atoms with E-state index in [0.29, 0.717) is 12.3 Å². The summed E-state index contributed by atoms with van der Waals surface area (Å²) in [6.45, 7) is 2.11. The minimum absolute atomic E-state index is 0.118. The number of nitrogens with one attached hydrogen (secondary N) is 1. The summed E-state index contributed by atoms with van der Waals surface area (Å²) in [7, 11) is 0. The van der Waals surface area contributed by atoms with Gasteiger partial charge in [-0.3, -0.25) is 0 Å². The molecule has 8 heteroatoms. The SMILES string of the molecule is CCNc1cc(SCCO)nc(C(F)(F)F)n1. The Kier molecular flexibility index (Phi) is 5.01. The largest absolute Gasteiger partial charge is 0.451 e. The van der Waals surface area contributed by atoms with Crippen molar-refractivity contribution in [2.24, 2.45) is 0 Å². The molecule has 1 heterocycles. The van der Waals surface area contributed by atoms with Crippen LogP contribution in [0.3, 0.4) is 0 Å². The van der Waals surface area contributed by atoms with Crippen LogP contribution in [0.25, 0.3) is 0 Å². The lowest BCUT2D eigenvalue weighted by atomic mass is 10.5. The summed E-state index contributed by atoms with van der Waals surface area (Å²) >= 11 is 1.05. The van der Waals surface area contributed by atoms with Gasteiger partial charge >= 0.3 is 6.18 Å². The monoisotopic (exact) mass is 267 g/mol. The molecule has 1 rings (SSSR count). The minimum Gasteiger partial charge on any atom is -0.396 e. The standard InChI is InChI=1S/C9H12F3N3OS/c1-2-13-6-5-7(17-4-3-16)15-8(14-6)9(10,11)12/h5,16H,2-4H2,1H3,(H,13,14,15). The molecular weight excluding hydrogens is 255 g/mol. The van der Waals surface area contributed by atoms with Crippen molar-refractivity contribution in [2.45, 2.75) is 18.1 Å². The number of aliphatic hydroxyl groups is 1. The third-order valence-electron chi connectivity index (χ3n) is 1.66. The molecule has 17 heavy (non-hydrogen) atoms. The Balaban J connectivity index is 3.01. The van der Waals surface area contributed by atoms with E-state index in [4.69, 9.17) is 5.11 Å².